The number of aryl methyl sites for hydroxylation is 1. The number of rotatable bonds is 5. The Morgan fingerprint density at radius 1 is 1.04 bits per heavy atom. The quantitative estimate of drug-likeness (QED) is 0.340. The van der Waals surface area contributed by atoms with Crippen molar-refractivity contribution in [3.63, 3.8) is 0 Å². The van der Waals surface area contributed by atoms with Gasteiger partial charge in [-0.15, -0.1) is 0 Å². The lowest BCUT2D eigenvalue weighted by Gasteiger charge is -2.39. The van der Waals surface area contributed by atoms with Gasteiger partial charge in [0.1, 0.15) is 16.4 Å². The Bertz CT molecular complexity index is 1050. The smallest absolute Gasteiger partial charge is 0.316 e. The van der Waals surface area contributed by atoms with E-state index in [0.717, 1.165) is 12.3 Å². The lowest BCUT2D eigenvalue weighted by atomic mass is 10.2. The second kappa shape index (κ2) is 5.55. The molecule has 0 atom stereocenters. The first-order chi connectivity index (χ1) is 11.9. The highest BCUT2D eigenvalue weighted by Crippen LogP contribution is 3.03. The predicted octanol–water partition coefficient (Wildman–Crippen LogP) is 5.76. The van der Waals surface area contributed by atoms with E-state index >= 15 is 0 Å². The minimum Gasteiger partial charge on any atom is -0.456 e. The molecule has 13 heteroatoms. The number of nitrogens with zero attached hydrogens (tertiary/aromatic N) is 1. The van der Waals surface area contributed by atoms with Crippen LogP contribution in [0.2, 0.25) is 0 Å². The highest BCUT2D eigenvalue weighted by atomic mass is 32.5. The Kier molecular flexibility index (Phi) is 4.29. The summed E-state index contributed by atoms with van der Waals surface area (Å²) in [6, 6.07) is 4.39. The number of hydrogen-bond acceptors (Lipinski definition) is 5. The molecule has 0 aromatic heterocycles. The van der Waals surface area contributed by atoms with Crippen LogP contribution in [0.15, 0.2) is 46.2 Å². The molecule has 2 aromatic carbocycles. The molecule has 0 N–H and O–H groups in total. The van der Waals surface area contributed by atoms with E-state index in [-0.39, 0.29) is 17.0 Å². The van der Waals surface area contributed by atoms with Crippen molar-refractivity contribution in [1.29, 1.82) is 0 Å². The standard InChI is InChI=1S/C14H12F5NO5S2/c1-9-3-6-13(26(2,23)24)12(7-9)25-10-4-5-11(20(21)22)14(8-10)27(15,16,17,18)19/h3-8H,1-2H3. The molecule has 2 rings (SSSR count). The van der Waals surface area contributed by atoms with Crippen LogP contribution < -0.4 is 4.74 Å². The van der Waals surface area contributed by atoms with Gasteiger partial charge in [0.15, 0.2) is 14.7 Å². The molecule has 0 fully saturated rings. The van der Waals surface area contributed by atoms with Crippen LogP contribution in [0.1, 0.15) is 5.56 Å². The van der Waals surface area contributed by atoms with Crippen molar-refractivity contribution < 1.29 is 37.5 Å². The van der Waals surface area contributed by atoms with Gasteiger partial charge in [0.05, 0.1) is 4.92 Å². The highest BCUT2D eigenvalue weighted by molar-refractivity contribution is 8.45. The summed E-state index contributed by atoms with van der Waals surface area (Å²) in [6.45, 7) is 1.54. The number of sulfone groups is 1. The minimum absolute atomic E-state index is 0.214. The summed E-state index contributed by atoms with van der Waals surface area (Å²) in [5.74, 6) is -1.24. The molecule has 0 amide bonds. The van der Waals surface area contributed by atoms with Crippen LogP contribution >= 0.6 is 10.2 Å². The number of benzene rings is 2. The van der Waals surface area contributed by atoms with Gasteiger partial charge in [-0.3, -0.25) is 10.1 Å². The van der Waals surface area contributed by atoms with Crippen LogP contribution in [0.3, 0.4) is 0 Å². The fourth-order valence-electron chi connectivity index (χ4n) is 2.15. The number of nitro benzene ring substituents is 1. The lowest BCUT2D eigenvalue weighted by Crippen LogP contribution is -2.09. The molecule has 2 aromatic rings. The minimum atomic E-state index is -10.4. The molecule has 0 saturated heterocycles. The van der Waals surface area contributed by atoms with Crippen LogP contribution in [0.5, 0.6) is 11.5 Å². The van der Waals surface area contributed by atoms with E-state index in [1.165, 1.54) is 19.1 Å². The molecule has 0 aliphatic rings. The molecule has 0 aliphatic carbocycles. The zero-order valence-electron chi connectivity index (χ0n) is 13.7. The van der Waals surface area contributed by atoms with E-state index in [1.807, 2.05) is 0 Å². The van der Waals surface area contributed by atoms with Crippen molar-refractivity contribution in [2.24, 2.45) is 0 Å². The van der Waals surface area contributed by atoms with Crippen LogP contribution in [-0.2, 0) is 9.84 Å². The third kappa shape index (κ3) is 4.86. The Balaban J connectivity index is 2.68. The second-order valence-electron chi connectivity index (χ2n) is 5.68. The maximum Gasteiger partial charge on any atom is 0.316 e. The van der Waals surface area contributed by atoms with Crippen molar-refractivity contribution in [3.05, 3.63) is 52.1 Å². The number of nitro groups is 1. The van der Waals surface area contributed by atoms with E-state index in [0.29, 0.717) is 11.6 Å². The molecule has 0 radical (unpaired) electrons. The fraction of sp³-hybridized carbons (Fsp3) is 0.143. The monoisotopic (exact) mass is 433 g/mol. The Hall–Kier alpha value is -2.41. The van der Waals surface area contributed by atoms with Crippen LogP contribution in [0, 0.1) is 17.0 Å². The van der Waals surface area contributed by atoms with Crippen molar-refractivity contribution in [1.82, 2.24) is 0 Å². The first kappa shape index (κ1) is 20.9. The van der Waals surface area contributed by atoms with Crippen molar-refractivity contribution >= 4 is 25.7 Å². The summed E-state index contributed by atoms with van der Waals surface area (Å²) in [5.41, 5.74) is -1.36. The number of ether oxygens (including phenoxy) is 1. The van der Waals surface area contributed by atoms with Crippen LogP contribution in [0.4, 0.5) is 25.1 Å². The van der Waals surface area contributed by atoms with E-state index < -0.39 is 47.1 Å². The van der Waals surface area contributed by atoms with Crippen LogP contribution in [0.25, 0.3) is 0 Å². The van der Waals surface area contributed by atoms with E-state index in [2.05, 4.69) is 0 Å². The number of hydrogen-bond donors (Lipinski definition) is 0. The normalized spacial score (nSPS) is 14.9. The van der Waals surface area contributed by atoms with Gasteiger partial charge in [0, 0.05) is 18.4 Å². The Labute approximate surface area is 150 Å². The van der Waals surface area contributed by atoms with Crippen molar-refractivity contribution in [2.45, 2.75) is 16.7 Å². The average molecular weight is 433 g/mol. The third-order valence-corrected chi connectivity index (χ3v) is 5.56. The van der Waals surface area contributed by atoms with Crippen LogP contribution in [-0.4, -0.2) is 19.6 Å². The fourth-order valence-corrected chi connectivity index (χ4v) is 3.80. The van der Waals surface area contributed by atoms with Gasteiger partial charge in [0.25, 0.3) is 5.69 Å². The topological polar surface area (TPSA) is 86.5 Å². The van der Waals surface area contributed by atoms with Gasteiger partial charge in [-0.25, -0.2) is 8.42 Å². The molecular formula is C14H12F5NO5S2. The zero-order chi connectivity index (χ0) is 20.9. The molecule has 6 nitrogen and oxygen atoms in total. The van der Waals surface area contributed by atoms with E-state index in [9.17, 15) is 38.0 Å². The van der Waals surface area contributed by atoms with Gasteiger partial charge in [0.2, 0.25) is 0 Å². The highest BCUT2D eigenvalue weighted by Gasteiger charge is 2.69. The molecular weight excluding hydrogens is 421 g/mol. The number of halogens is 5. The van der Waals surface area contributed by atoms with Gasteiger partial charge in [-0.1, -0.05) is 25.5 Å². The summed E-state index contributed by atoms with van der Waals surface area (Å²) >= 11 is 0. The molecule has 0 bridgehead atoms. The maximum atomic E-state index is 13.2. The molecule has 0 unspecified atom stereocenters. The maximum absolute atomic E-state index is 13.2. The SMILES string of the molecule is Cc1ccc(S(C)(=O)=O)c(Oc2ccc([N+](=O)[O-])c(S(F)(F)(F)(F)F)c2)c1. The Morgan fingerprint density at radius 3 is 2.11 bits per heavy atom. The van der Waals surface area contributed by atoms with E-state index in [1.54, 1.807) is 0 Å². The van der Waals surface area contributed by atoms with Crippen molar-refractivity contribution in [3.8, 4) is 11.5 Å². The van der Waals surface area contributed by atoms with Gasteiger partial charge in [-0.2, -0.15) is 0 Å². The predicted molar refractivity (Wildman–Crippen MR) is 88.9 cm³/mol. The Morgan fingerprint density at radius 2 is 1.63 bits per heavy atom. The van der Waals surface area contributed by atoms with E-state index in [4.69, 9.17) is 4.74 Å². The largest absolute Gasteiger partial charge is 0.456 e. The molecule has 0 saturated carbocycles. The molecule has 0 aliphatic heterocycles. The molecule has 150 valence electrons. The summed E-state index contributed by atoms with van der Waals surface area (Å²) in [5, 5.41) is 10.7. The summed E-state index contributed by atoms with van der Waals surface area (Å²) in [6.07, 6.45) is 0.820. The van der Waals surface area contributed by atoms with Gasteiger partial charge < -0.3 is 4.74 Å². The second-order valence-corrected chi connectivity index (χ2v) is 10.0. The third-order valence-electron chi connectivity index (χ3n) is 3.27. The van der Waals surface area contributed by atoms with Gasteiger partial charge in [-0.05, 0) is 30.7 Å². The molecule has 27 heavy (non-hydrogen) atoms. The summed E-state index contributed by atoms with van der Waals surface area (Å²) in [7, 11) is -14.3. The summed E-state index contributed by atoms with van der Waals surface area (Å²) < 4.78 is 94.4. The summed E-state index contributed by atoms with van der Waals surface area (Å²) in [4.78, 5) is 6.01. The lowest BCUT2D eigenvalue weighted by molar-refractivity contribution is -0.388. The van der Waals surface area contributed by atoms with Crippen molar-refractivity contribution in [2.75, 3.05) is 6.26 Å². The van der Waals surface area contributed by atoms with Gasteiger partial charge >= 0.3 is 10.2 Å². The average Bonchev–Trinajstić information content (AvgIpc) is 2.43. The zero-order valence-corrected chi connectivity index (χ0v) is 15.3. The molecule has 0 heterocycles. The first-order valence-corrected chi connectivity index (χ1v) is 10.7. The molecule has 0 spiro atoms. The first-order valence-electron chi connectivity index (χ1n) is 6.89.